The van der Waals surface area contributed by atoms with E-state index in [4.69, 9.17) is 11.6 Å². The van der Waals surface area contributed by atoms with Gasteiger partial charge in [0.1, 0.15) is 0 Å². The summed E-state index contributed by atoms with van der Waals surface area (Å²) in [6, 6.07) is 8.01. The molecule has 2 aliphatic rings. The van der Waals surface area contributed by atoms with E-state index in [2.05, 4.69) is 16.7 Å². The lowest BCUT2D eigenvalue weighted by atomic mass is 9.64. The maximum Gasteiger partial charge on any atom is 0.315 e. The molecular weight excluding hydrogens is 312 g/mol. The standard InChI is InChI=1S/C18H25ClN2O2/c19-16-5-2-1-4-15(16)18(10-3-11-18)12-20-17(23)21-13-6-8-14(22)9-7-13/h1-2,4-5,13-14,22H,3,6-12H2,(H2,20,21,23). The van der Waals surface area contributed by atoms with Gasteiger partial charge in [-0.3, -0.25) is 0 Å². The van der Waals surface area contributed by atoms with Crippen molar-refractivity contribution in [3.05, 3.63) is 34.9 Å². The molecule has 3 N–H and O–H groups in total. The normalized spacial score (nSPS) is 26.2. The topological polar surface area (TPSA) is 61.4 Å². The third-order valence-electron chi connectivity index (χ3n) is 5.38. The van der Waals surface area contributed by atoms with Crippen molar-refractivity contribution in [2.45, 2.75) is 62.5 Å². The third kappa shape index (κ3) is 3.81. The van der Waals surface area contributed by atoms with Gasteiger partial charge in [0.2, 0.25) is 0 Å². The van der Waals surface area contributed by atoms with Gasteiger partial charge in [-0.25, -0.2) is 4.79 Å². The fourth-order valence-electron chi connectivity index (χ4n) is 3.74. The largest absolute Gasteiger partial charge is 0.393 e. The second-order valence-corrected chi connectivity index (χ2v) is 7.35. The van der Waals surface area contributed by atoms with Gasteiger partial charge in [0, 0.05) is 23.0 Å². The molecule has 2 amide bonds. The molecule has 5 heteroatoms. The number of hydrogen-bond acceptors (Lipinski definition) is 2. The molecule has 2 aliphatic carbocycles. The van der Waals surface area contributed by atoms with Gasteiger partial charge in [0.25, 0.3) is 0 Å². The number of amides is 2. The minimum atomic E-state index is -0.199. The van der Waals surface area contributed by atoms with Crippen LogP contribution in [0.5, 0.6) is 0 Å². The molecule has 2 saturated carbocycles. The minimum absolute atomic E-state index is 0.0154. The van der Waals surface area contributed by atoms with Crippen molar-refractivity contribution in [3.63, 3.8) is 0 Å². The summed E-state index contributed by atoms with van der Waals surface area (Å²) in [7, 11) is 0. The van der Waals surface area contributed by atoms with E-state index in [0.717, 1.165) is 49.1 Å². The second-order valence-electron chi connectivity index (χ2n) is 6.95. The van der Waals surface area contributed by atoms with Crippen LogP contribution in [0.1, 0.15) is 50.5 Å². The fourth-order valence-corrected chi connectivity index (χ4v) is 4.08. The van der Waals surface area contributed by atoms with Gasteiger partial charge in [0.05, 0.1) is 6.10 Å². The van der Waals surface area contributed by atoms with Crippen molar-refractivity contribution >= 4 is 17.6 Å². The molecule has 23 heavy (non-hydrogen) atoms. The smallest absolute Gasteiger partial charge is 0.315 e. The first kappa shape index (κ1) is 16.6. The summed E-state index contributed by atoms with van der Waals surface area (Å²) >= 11 is 6.35. The van der Waals surface area contributed by atoms with E-state index < -0.39 is 0 Å². The average molecular weight is 337 g/mol. The van der Waals surface area contributed by atoms with Crippen LogP contribution in [0.2, 0.25) is 5.02 Å². The third-order valence-corrected chi connectivity index (χ3v) is 5.70. The quantitative estimate of drug-likeness (QED) is 0.789. The number of aliphatic hydroxyl groups is 1. The first-order valence-electron chi connectivity index (χ1n) is 8.56. The van der Waals surface area contributed by atoms with Crippen LogP contribution in [0.15, 0.2) is 24.3 Å². The molecule has 126 valence electrons. The molecule has 1 aromatic rings. The van der Waals surface area contributed by atoms with E-state index in [1.807, 2.05) is 18.2 Å². The number of carbonyl (C=O) groups excluding carboxylic acids is 1. The molecule has 0 unspecified atom stereocenters. The Morgan fingerprint density at radius 1 is 1.22 bits per heavy atom. The summed E-state index contributed by atoms with van der Waals surface area (Å²) in [6.45, 7) is 0.623. The average Bonchev–Trinajstić information content (AvgIpc) is 2.50. The van der Waals surface area contributed by atoms with Gasteiger partial charge in [-0.15, -0.1) is 0 Å². The zero-order chi connectivity index (χ0) is 16.3. The van der Waals surface area contributed by atoms with E-state index >= 15 is 0 Å². The van der Waals surface area contributed by atoms with Gasteiger partial charge in [0.15, 0.2) is 0 Å². The second kappa shape index (κ2) is 7.10. The summed E-state index contributed by atoms with van der Waals surface area (Å²) in [5.74, 6) is 0. The van der Waals surface area contributed by atoms with Crippen molar-refractivity contribution < 1.29 is 9.90 Å². The van der Waals surface area contributed by atoms with Crippen LogP contribution >= 0.6 is 11.6 Å². The number of urea groups is 1. The van der Waals surface area contributed by atoms with Crippen LogP contribution in [0.4, 0.5) is 4.79 Å². The van der Waals surface area contributed by atoms with Crippen LogP contribution in [-0.4, -0.2) is 29.8 Å². The number of nitrogens with one attached hydrogen (secondary N) is 2. The van der Waals surface area contributed by atoms with Gasteiger partial charge >= 0.3 is 6.03 Å². The van der Waals surface area contributed by atoms with E-state index in [0.29, 0.717) is 6.54 Å². The first-order chi connectivity index (χ1) is 11.1. The number of benzene rings is 1. The van der Waals surface area contributed by atoms with Crippen LogP contribution in [-0.2, 0) is 5.41 Å². The van der Waals surface area contributed by atoms with Crippen molar-refractivity contribution in [1.29, 1.82) is 0 Å². The predicted molar refractivity (Wildman–Crippen MR) is 91.8 cm³/mol. The molecule has 0 bridgehead atoms. The fraction of sp³-hybridized carbons (Fsp3) is 0.611. The zero-order valence-electron chi connectivity index (χ0n) is 13.4. The Kier molecular flexibility index (Phi) is 5.12. The van der Waals surface area contributed by atoms with Crippen LogP contribution in [0.3, 0.4) is 0 Å². The first-order valence-corrected chi connectivity index (χ1v) is 8.94. The number of halogens is 1. The van der Waals surface area contributed by atoms with Crippen LogP contribution < -0.4 is 10.6 Å². The molecule has 1 aromatic carbocycles. The SMILES string of the molecule is O=C(NCC1(c2ccccc2Cl)CCC1)NC1CCC(O)CC1. The van der Waals surface area contributed by atoms with Crippen molar-refractivity contribution in [2.24, 2.45) is 0 Å². The Morgan fingerprint density at radius 2 is 1.91 bits per heavy atom. The maximum atomic E-state index is 12.2. The van der Waals surface area contributed by atoms with Crippen LogP contribution in [0, 0.1) is 0 Å². The van der Waals surface area contributed by atoms with Gasteiger partial charge in [-0.1, -0.05) is 36.2 Å². The van der Waals surface area contributed by atoms with E-state index in [9.17, 15) is 9.90 Å². The Hall–Kier alpha value is -1.26. The molecule has 2 fully saturated rings. The molecule has 0 aliphatic heterocycles. The molecule has 0 aromatic heterocycles. The number of rotatable bonds is 4. The highest BCUT2D eigenvalue weighted by Gasteiger charge is 2.40. The summed E-state index contributed by atoms with van der Waals surface area (Å²) in [4.78, 5) is 12.2. The van der Waals surface area contributed by atoms with Crippen LogP contribution in [0.25, 0.3) is 0 Å². The highest BCUT2D eigenvalue weighted by Crippen LogP contribution is 2.45. The van der Waals surface area contributed by atoms with Crippen molar-refractivity contribution in [1.82, 2.24) is 10.6 Å². The lowest BCUT2D eigenvalue weighted by Gasteiger charge is -2.43. The van der Waals surface area contributed by atoms with E-state index in [-0.39, 0.29) is 23.6 Å². The summed E-state index contributed by atoms with van der Waals surface area (Å²) in [5.41, 5.74) is 1.13. The Bertz CT molecular complexity index is 552. The summed E-state index contributed by atoms with van der Waals surface area (Å²) in [6.07, 6.45) is 6.35. The van der Waals surface area contributed by atoms with Gasteiger partial charge in [-0.2, -0.15) is 0 Å². The van der Waals surface area contributed by atoms with Gasteiger partial charge < -0.3 is 15.7 Å². The van der Waals surface area contributed by atoms with E-state index in [1.165, 1.54) is 6.42 Å². The van der Waals surface area contributed by atoms with Gasteiger partial charge in [-0.05, 0) is 50.2 Å². The Labute approximate surface area is 142 Å². The minimum Gasteiger partial charge on any atom is -0.393 e. The molecular formula is C18H25ClN2O2. The Balaban J connectivity index is 1.54. The number of hydrogen-bond donors (Lipinski definition) is 3. The monoisotopic (exact) mass is 336 g/mol. The highest BCUT2D eigenvalue weighted by atomic mass is 35.5. The highest BCUT2D eigenvalue weighted by molar-refractivity contribution is 6.31. The lowest BCUT2D eigenvalue weighted by molar-refractivity contribution is 0.117. The maximum absolute atomic E-state index is 12.2. The molecule has 0 saturated heterocycles. The molecule has 3 rings (SSSR count). The zero-order valence-corrected chi connectivity index (χ0v) is 14.1. The van der Waals surface area contributed by atoms with Crippen molar-refractivity contribution in [2.75, 3.05) is 6.54 Å². The van der Waals surface area contributed by atoms with Crippen molar-refractivity contribution in [3.8, 4) is 0 Å². The lowest BCUT2D eigenvalue weighted by Crippen LogP contribution is -2.50. The number of aliphatic hydroxyl groups excluding tert-OH is 1. The summed E-state index contributed by atoms with van der Waals surface area (Å²) in [5, 5.41) is 16.4. The predicted octanol–water partition coefficient (Wildman–Crippen LogP) is 3.36. The van der Waals surface area contributed by atoms with E-state index in [1.54, 1.807) is 0 Å². The number of carbonyl (C=O) groups is 1. The molecule has 0 radical (unpaired) electrons. The molecule has 0 atom stereocenters. The molecule has 0 heterocycles. The molecule has 4 nitrogen and oxygen atoms in total. The Morgan fingerprint density at radius 3 is 2.52 bits per heavy atom. The molecule has 0 spiro atoms. The summed E-state index contributed by atoms with van der Waals surface area (Å²) < 4.78 is 0.